The maximum Gasteiger partial charge on any atom is 0.163 e. The van der Waals surface area contributed by atoms with Gasteiger partial charge in [-0.1, -0.05) is 67.6 Å². The summed E-state index contributed by atoms with van der Waals surface area (Å²) in [7, 11) is 1.61. The summed E-state index contributed by atoms with van der Waals surface area (Å²) in [5, 5.41) is 20.7. The monoisotopic (exact) mass is 489 g/mol. The van der Waals surface area contributed by atoms with Gasteiger partial charge in [-0.3, -0.25) is 9.69 Å². The van der Waals surface area contributed by atoms with Gasteiger partial charge in [0.05, 0.1) is 19.8 Å². The van der Waals surface area contributed by atoms with Crippen LogP contribution >= 0.6 is 0 Å². The van der Waals surface area contributed by atoms with E-state index < -0.39 is 17.7 Å². The number of ether oxygens (including phenoxy) is 2. The standard InChI is InChI=1S/C30H35NO5/c1-21(33)30(2)20-31(29(34)19-32)18-26(30)25-13-14-27(35-3)28(17-25)36-16-15-22-9-11-24(12-10-22)23-7-5-4-6-8-23/h4-14,17,19,21,26,29,33-34H,15-16,18,20H2,1-3H3/t21-,26+,29?,30+/m1/s1. The molecule has 2 N–H and O–H groups in total. The van der Waals surface area contributed by atoms with Crippen molar-refractivity contribution in [3.8, 4) is 22.6 Å². The van der Waals surface area contributed by atoms with E-state index in [-0.39, 0.29) is 5.92 Å². The van der Waals surface area contributed by atoms with E-state index in [2.05, 4.69) is 36.4 Å². The molecule has 0 spiro atoms. The van der Waals surface area contributed by atoms with Crippen LogP contribution in [0.1, 0.15) is 30.9 Å². The van der Waals surface area contributed by atoms with E-state index in [1.165, 1.54) is 16.7 Å². The summed E-state index contributed by atoms with van der Waals surface area (Å²) >= 11 is 0. The Balaban J connectivity index is 1.47. The van der Waals surface area contributed by atoms with E-state index in [4.69, 9.17) is 9.47 Å². The quantitative estimate of drug-likeness (QED) is 0.414. The number of benzene rings is 3. The summed E-state index contributed by atoms with van der Waals surface area (Å²) in [6.45, 7) is 5.10. The number of aliphatic hydroxyl groups excluding tert-OH is 2. The molecular formula is C30H35NO5. The van der Waals surface area contributed by atoms with Gasteiger partial charge in [0.2, 0.25) is 0 Å². The van der Waals surface area contributed by atoms with Crippen molar-refractivity contribution >= 4 is 6.29 Å². The minimum Gasteiger partial charge on any atom is -0.493 e. The number of aliphatic hydroxyl groups is 2. The molecule has 0 amide bonds. The van der Waals surface area contributed by atoms with E-state index in [1.54, 1.807) is 18.9 Å². The minimum atomic E-state index is -1.18. The molecule has 1 heterocycles. The van der Waals surface area contributed by atoms with Gasteiger partial charge in [-0.05, 0) is 41.3 Å². The molecule has 4 rings (SSSR count). The number of methoxy groups -OCH3 is 1. The molecule has 6 heteroatoms. The van der Waals surface area contributed by atoms with E-state index in [0.29, 0.717) is 37.5 Å². The Bertz CT molecular complexity index is 1150. The Kier molecular flexibility index (Phi) is 8.09. The summed E-state index contributed by atoms with van der Waals surface area (Å²) < 4.78 is 11.7. The molecule has 0 radical (unpaired) electrons. The Morgan fingerprint density at radius 1 is 1.03 bits per heavy atom. The second kappa shape index (κ2) is 11.2. The second-order valence-corrected chi connectivity index (χ2v) is 9.79. The van der Waals surface area contributed by atoms with Crippen molar-refractivity contribution in [3.05, 3.63) is 83.9 Å². The van der Waals surface area contributed by atoms with Crippen LogP contribution in [0.2, 0.25) is 0 Å². The SMILES string of the molecule is COc1ccc([C@@H]2CN(C(O)C=O)C[C@@]2(C)[C@@H](C)O)cc1OCCc1ccc(-c2ccccc2)cc1. The topological polar surface area (TPSA) is 79.2 Å². The molecule has 1 fully saturated rings. The summed E-state index contributed by atoms with van der Waals surface area (Å²) in [6, 6.07) is 24.6. The molecule has 190 valence electrons. The minimum absolute atomic E-state index is 0.0918. The Morgan fingerprint density at radius 2 is 1.72 bits per heavy atom. The average molecular weight is 490 g/mol. The largest absolute Gasteiger partial charge is 0.493 e. The van der Waals surface area contributed by atoms with Crippen molar-refractivity contribution in [2.24, 2.45) is 5.41 Å². The van der Waals surface area contributed by atoms with Crippen LogP contribution in [0, 0.1) is 5.41 Å². The first-order chi connectivity index (χ1) is 17.4. The number of carbonyl (C=O) groups is 1. The van der Waals surface area contributed by atoms with Gasteiger partial charge in [0.15, 0.2) is 24.0 Å². The first-order valence-corrected chi connectivity index (χ1v) is 12.4. The molecule has 3 aromatic rings. The fraction of sp³-hybridized carbons (Fsp3) is 0.367. The van der Waals surface area contributed by atoms with Gasteiger partial charge in [-0.25, -0.2) is 0 Å². The molecule has 0 saturated carbocycles. The number of rotatable bonds is 10. The lowest BCUT2D eigenvalue weighted by Crippen LogP contribution is -2.39. The molecule has 4 atom stereocenters. The Labute approximate surface area is 213 Å². The number of hydrogen-bond donors (Lipinski definition) is 2. The smallest absolute Gasteiger partial charge is 0.163 e. The van der Waals surface area contributed by atoms with Gasteiger partial charge in [0.1, 0.15) is 0 Å². The number of likely N-dealkylation sites (tertiary alicyclic amines) is 1. The molecule has 6 nitrogen and oxygen atoms in total. The number of aldehydes is 1. The van der Waals surface area contributed by atoms with Gasteiger partial charge < -0.3 is 19.7 Å². The van der Waals surface area contributed by atoms with Crippen molar-refractivity contribution in [3.63, 3.8) is 0 Å². The average Bonchev–Trinajstić information content (AvgIpc) is 3.28. The Hall–Kier alpha value is -3.19. The van der Waals surface area contributed by atoms with Gasteiger partial charge in [-0.2, -0.15) is 0 Å². The molecular weight excluding hydrogens is 454 g/mol. The molecule has 0 aliphatic carbocycles. The molecule has 1 aliphatic heterocycles. The zero-order valence-corrected chi connectivity index (χ0v) is 21.1. The predicted molar refractivity (Wildman–Crippen MR) is 140 cm³/mol. The van der Waals surface area contributed by atoms with Gasteiger partial charge in [0.25, 0.3) is 0 Å². The van der Waals surface area contributed by atoms with Crippen molar-refractivity contribution in [1.29, 1.82) is 0 Å². The van der Waals surface area contributed by atoms with Crippen molar-refractivity contribution in [2.45, 2.75) is 38.5 Å². The second-order valence-electron chi connectivity index (χ2n) is 9.79. The fourth-order valence-corrected chi connectivity index (χ4v) is 5.05. The van der Waals surface area contributed by atoms with E-state index in [0.717, 1.165) is 12.0 Å². The van der Waals surface area contributed by atoms with Crippen molar-refractivity contribution in [2.75, 3.05) is 26.8 Å². The highest BCUT2D eigenvalue weighted by Crippen LogP contribution is 2.47. The molecule has 1 unspecified atom stereocenters. The first kappa shape index (κ1) is 25.9. The molecule has 1 saturated heterocycles. The highest BCUT2D eigenvalue weighted by Gasteiger charge is 2.48. The van der Waals surface area contributed by atoms with Crippen LogP contribution in [0.4, 0.5) is 0 Å². The van der Waals surface area contributed by atoms with Crippen molar-refractivity contribution < 1.29 is 24.5 Å². The summed E-state index contributed by atoms with van der Waals surface area (Å²) in [5.74, 6) is 1.18. The molecule has 0 aromatic heterocycles. The van der Waals surface area contributed by atoms with E-state index in [1.807, 2.05) is 43.3 Å². The zero-order valence-electron chi connectivity index (χ0n) is 21.1. The first-order valence-electron chi connectivity index (χ1n) is 12.4. The van der Waals surface area contributed by atoms with Crippen LogP contribution in [0.3, 0.4) is 0 Å². The van der Waals surface area contributed by atoms with Gasteiger partial charge in [0, 0.05) is 30.8 Å². The highest BCUT2D eigenvalue weighted by atomic mass is 16.5. The van der Waals surface area contributed by atoms with Crippen LogP contribution in [0.5, 0.6) is 11.5 Å². The maximum absolute atomic E-state index is 11.2. The third-order valence-electron chi connectivity index (χ3n) is 7.51. The summed E-state index contributed by atoms with van der Waals surface area (Å²) in [6.07, 6.45) is -0.539. The van der Waals surface area contributed by atoms with Gasteiger partial charge in [-0.15, -0.1) is 0 Å². The lowest BCUT2D eigenvalue weighted by molar-refractivity contribution is -0.123. The summed E-state index contributed by atoms with van der Waals surface area (Å²) in [5.41, 5.74) is 4.00. The Morgan fingerprint density at radius 3 is 2.36 bits per heavy atom. The number of hydrogen-bond acceptors (Lipinski definition) is 6. The van der Waals surface area contributed by atoms with Gasteiger partial charge >= 0.3 is 0 Å². The molecule has 1 aliphatic rings. The highest BCUT2D eigenvalue weighted by molar-refractivity contribution is 5.63. The fourth-order valence-electron chi connectivity index (χ4n) is 5.05. The van der Waals surface area contributed by atoms with E-state index in [9.17, 15) is 15.0 Å². The predicted octanol–water partition coefficient (Wildman–Crippen LogP) is 4.29. The van der Waals surface area contributed by atoms with Crippen LogP contribution < -0.4 is 9.47 Å². The molecule has 36 heavy (non-hydrogen) atoms. The lowest BCUT2D eigenvalue weighted by atomic mass is 9.72. The maximum atomic E-state index is 11.2. The number of nitrogens with zero attached hydrogens (tertiary/aromatic N) is 1. The third-order valence-corrected chi connectivity index (χ3v) is 7.51. The number of carbonyl (C=O) groups excluding carboxylic acids is 1. The zero-order chi connectivity index (χ0) is 25.7. The van der Waals surface area contributed by atoms with Crippen molar-refractivity contribution in [1.82, 2.24) is 4.90 Å². The van der Waals surface area contributed by atoms with Crippen LogP contribution in [0.15, 0.2) is 72.8 Å². The van der Waals surface area contributed by atoms with Crippen LogP contribution in [0.25, 0.3) is 11.1 Å². The third kappa shape index (κ3) is 5.46. The molecule has 3 aromatic carbocycles. The van der Waals surface area contributed by atoms with E-state index >= 15 is 0 Å². The van der Waals surface area contributed by atoms with Crippen LogP contribution in [-0.2, 0) is 11.2 Å². The molecule has 0 bridgehead atoms. The summed E-state index contributed by atoms with van der Waals surface area (Å²) in [4.78, 5) is 12.9. The van der Waals surface area contributed by atoms with Crippen LogP contribution in [-0.4, -0.2) is 60.5 Å². The normalized spacial score (nSPS) is 21.6. The lowest BCUT2D eigenvalue weighted by Gasteiger charge is -2.34.